The van der Waals surface area contributed by atoms with Gasteiger partial charge in [-0.05, 0) is 46.2 Å². The Morgan fingerprint density at radius 3 is 2.16 bits per heavy atom. The monoisotopic (exact) mass is 335 g/mol. The molecular formula is C20H25N5. The molecule has 0 aromatic carbocycles. The van der Waals surface area contributed by atoms with Crippen LogP contribution in [0.2, 0.25) is 0 Å². The molecule has 2 N–H and O–H groups in total. The molecule has 0 fully saturated rings. The summed E-state index contributed by atoms with van der Waals surface area (Å²) in [5.74, 6) is -0.0122. The predicted octanol–water partition coefficient (Wildman–Crippen LogP) is 4.13. The van der Waals surface area contributed by atoms with Crippen LogP contribution in [0.25, 0.3) is 11.4 Å². The SMILES string of the molecule is CC(C)(C)c1ccnc(-c2cc(C(C)(C)C)cc(C(=N)NC#N)n2)c1. The van der Waals surface area contributed by atoms with Gasteiger partial charge in [0, 0.05) is 6.20 Å². The Kier molecular flexibility index (Phi) is 4.94. The highest BCUT2D eigenvalue weighted by Gasteiger charge is 2.20. The van der Waals surface area contributed by atoms with E-state index in [1.165, 1.54) is 5.56 Å². The number of amidine groups is 1. The van der Waals surface area contributed by atoms with Gasteiger partial charge in [0.15, 0.2) is 12.0 Å². The first-order chi connectivity index (χ1) is 11.5. The summed E-state index contributed by atoms with van der Waals surface area (Å²) in [5.41, 5.74) is 4.03. The highest BCUT2D eigenvalue weighted by molar-refractivity contribution is 5.96. The fourth-order valence-electron chi connectivity index (χ4n) is 2.38. The Bertz CT molecular complexity index is 832. The molecule has 0 radical (unpaired) electrons. The molecule has 0 amide bonds. The number of hydrogen-bond donors (Lipinski definition) is 2. The lowest BCUT2D eigenvalue weighted by molar-refractivity contribution is 0.588. The third-order valence-electron chi connectivity index (χ3n) is 4.02. The average Bonchev–Trinajstić information content (AvgIpc) is 2.53. The molecule has 0 unspecified atom stereocenters. The van der Waals surface area contributed by atoms with Crippen molar-refractivity contribution in [1.29, 1.82) is 10.7 Å². The van der Waals surface area contributed by atoms with Crippen molar-refractivity contribution in [3.05, 3.63) is 47.3 Å². The highest BCUT2D eigenvalue weighted by Crippen LogP contribution is 2.29. The largest absolute Gasteiger partial charge is 0.282 e. The van der Waals surface area contributed by atoms with E-state index in [1.807, 2.05) is 24.3 Å². The molecular weight excluding hydrogens is 310 g/mol. The summed E-state index contributed by atoms with van der Waals surface area (Å²) in [5, 5.41) is 19.2. The summed E-state index contributed by atoms with van der Waals surface area (Å²) in [4.78, 5) is 9.03. The van der Waals surface area contributed by atoms with Crippen LogP contribution in [0.1, 0.15) is 58.4 Å². The fourth-order valence-corrected chi connectivity index (χ4v) is 2.38. The van der Waals surface area contributed by atoms with Crippen LogP contribution >= 0.6 is 0 Å². The van der Waals surface area contributed by atoms with Crippen molar-refractivity contribution < 1.29 is 0 Å². The van der Waals surface area contributed by atoms with Gasteiger partial charge in [-0.1, -0.05) is 41.5 Å². The summed E-state index contributed by atoms with van der Waals surface area (Å²) in [6, 6.07) is 7.92. The highest BCUT2D eigenvalue weighted by atomic mass is 15.0. The number of pyridine rings is 2. The Hall–Kier alpha value is -2.74. The van der Waals surface area contributed by atoms with Crippen molar-refractivity contribution in [1.82, 2.24) is 15.3 Å². The molecule has 0 aliphatic rings. The average molecular weight is 335 g/mol. The molecule has 0 saturated heterocycles. The van der Waals surface area contributed by atoms with Crippen LogP contribution in [-0.4, -0.2) is 15.8 Å². The van der Waals surface area contributed by atoms with Gasteiger partial charge in [0.1, 0.15) is 5.69 Å². The Morgan fingerprint density at radius 1 is 1.00 bits per heavy atom. The Morgan fingerprint density at radius 2 is 1.60 bits per heavy atom. The predicted molar refractivity (Wildman–Crippen MR) is 100 cm³/mol. The molecule has 5 heteroatoms. The van der Waals surface area contributed by atoms with Gasteiger partial charge >= 0.3 is 0 Å². The second kappa shape index (κ2) is 6.64. The minimum atomic E-state index is -0.110. The summed E-state index contributed by atoms with van der Waals surface area (Å²) in [7, 11) is 0. The van der Waals surface area contributed by atoms with Crippen LogP contribution in [0, 0.1) is 16.9 Å². The summed E-state index contributed by atoms with van der Waals surface area (Å²) in [6.45, 7) is 12.8. The molecule has 0 aliphatic heterocycles. The first-order valence-corrected chi connectivity index (χ1v) is 8.26. The van der Waals surface area contributed by atoms with E-state index < -0.39 is 0 Å². The number of rotatable bonds is 2. The number of nitrogens with zero attached hydrogens (tertiary/aromatic N) is 3. The smallest absolute Gasteiger partial charge is 0.182 e. The van der Waals surface area contributed by atoms with Gasteiger partial charge in [-0.3, -0.25) is 15.7 Å². The molecule has 2 aromatic heterocycles. The minimum absolute atomic E-state index is 0.0111. The van der Waals surface area contributed by atoms with Crippen LogP contribution in [0.4, 0.5) is 0 Å². The summed E-state index contributed by atoms with van der Waals surface area (Å²) in [6.07, 6.45) is 3.57. The van der Waals surface area contributed by atoms with Gasteiger partial charge in [-0.2, -0.15) is 5.26 Å². The minimum Gasteiger partial charge on any atom is -0.282 e. The number of nitrogens with one attached hydrogen (secondary N) is 2. The van der Waals surface area contributed by atoms with Gasteiger partial charge in [0.25, 0.3) is 0 Å². The summed E-state index contributed by atoms with van der Waals surface area (Å²) >= 11 is 0. The molecule has 2 heterocycles. The van der Waals surface area contributed by atoms with Gasteiger partial charge in [0.2, 0.25) is 0 Å². The number of hydrogen-bond acceptors (Lipinski definition) is 4. The second-order valence-corrected chi connectivity index (χ2v) is 8.17. The Balaban J connectivity index is 2.63. The maximum atomic E-state index is 8.80. The van der Waals surface area contributed by atoms with Gasteiger partial charge in [-0.15, -0.1) is 0 Å². The molecule has 0 bridgehead atoms. The normalized spacial score (nSPS) is 11.7. The zero-order valence-corrected chi connectivity index (χ0v) is 15.7. The number of aromatic nitrogens is 2. The molecule has 0 spiro atoms. The number of nitriles is 1. The first-order valence-electron chi connectivity index (χ1n) is 8.26. The van der Waals surface area contributed by atoms with E-state index >= 15 is 0 Å². The third-order valence-corrected chi connectivity index (χ3v) is 4.02. The van der Waals surface area contributed by atoms with E-state index in [0.717, 1.165) is 11.3 Å². The molecule has 0 atom stereocenters. The molecule has 130 valence electrons. The lowest BCUT2D eigenvalue weighted by Gasteiger charge is -2.22. The standard InChI is InChI=1S/C20H25N5/c1-19(2,3)13-7-8-23-15(9-13)16-10-14(20(4,5)6)11-17(25-16)18(22)24-12-21/h7-11H,1-6H3,(H2,22,24). The molecule has 2 aromatic rings. The fraction of sp³-hybridized carbons (Fsp3) is 0.400. The van der Waals surface area contributed by atoms with E-state index in [-0.39, 0.29) is 16.7 Å². The van der Waals surface area contributed by atoms with E-state index in [0.29, 0.717) is 11.4 Å². The molecule has 25 heavy (non-hydrogen) atoms. The van der Waals surface area contributed by atoms with E-state index in [9.17, 15) is 0 Å². The second-order valence-electron chi connectivity index (χ2n) is 8.17. The van der Waals surface area contributed by atoms with Crippen LogP contribution in [-0.2, 0) is 10.8 Å². The van der Waals surface area contributed by atoms with Crippen molar-refractivity contribution in [3.63, 3.8) is 0 Å². The molecule has 5 nitrogen and oxygen atoms in total. The summed E-state index contributed by atoms with van der Waals surface area (Å²) < 4.78 is 0. The molecule has 2 rings (SSSR count). The van der Waals surface area contributed by atoms with Crippen molar-refractivity contribution in [2.24, 2.45) is 0 Å². The zero-order valence-electron chi connectivity index (χ0n) is 15.7. The third kappa shape index (κ3) is 4.42. The van der Waals surface area contributed by atoms with Gasteiger partial charge < -0.3 is 0 Å². The van der Waals surface area contributed by atoms with Crippen LogP contribution in [0.3, 0.4) is 0 Å². The zero-order chi connectivity index (χ0) is 18.8. The van der Waals surface area contributed by atoms with Crippen molar-refractivity contribution in [2.75, 3.05) is 0 Å². The van der Waals surface area contributed by atoms with E-state index in [2.05, 4.69) is 56.8 Å². The first kappa shape index (κ1) is 18.6. The van der Waals surface area contributed by atoms with Crippen molar-refractivity contribution in [2.45, 2.75) is 52.4 Å². The van der Waals surface area contributed by atoms with Crippen LogP contribution in [0.5, 0.6) is 0 Å². The van der Waals surface area contributed by atoms with E-state index in [4.69, 9.17) is 10.7 Å². The van der Waals surface area contributed by atoms with Crippen molar-refractivity contribution >= 4 is 5.84 Å². The van der Waals surface area contributed by atoms with Crippen LogP contribution in [0.15, 0.2) is 30.5 Å². The van der Waals surface area contributed by atoms with Crippen LogP contribution < -0.4 is 5.32 Å². The quantitative estimate of drug-likeness (QED) is 0.374. The topological polar surface area (TPSA) is 85.5 Å². The van der Waals surface area contributed by atoms with Crippen molar-refractivity contribution in [3.8, 4) is 17.6 Å². The van der Waals surface area contributed by atoms with Gasteiger partial charge in [-0.25, -0.2) is 4.98 Å². The lowest BCUT2D eigenvalue weighted by Crippen LogP contribution is -2.21. The molecule has 0 aliphatic carbocycles. The lowest BCUT2D eigenvalue weighted by atomic mass is 9.85. The van der Waals surface area contributed by atoms with Gasteiger partial charge in [0.05, 0.1) is 11.4 Å². The molecule has 0 saturated carbocycles. The van der Waals surface area contributed by atoms with E-state index in [1.54, 1.807) is 12.4 Å². The maximum Gasteiger partial charge on any atom is 0.182 e. The maximum absolute atomic E-state index is 8.80. The Labute approximate surface area is 149 Å².